The number of amides is 1. The van der Waals surface area contributed by atoms with Crippen LogP contribution >= 0.6 is 11.6 Å². The molecule has 1 saturated heterocycles. The summed E-state index contributed by atoms with van der Waals surface area (Å²) in [6.45, 7) is 5.46. The van der Waals surface area contributed by atoms with Gasteiger partial charge in [-0.1, -0.05) is 24.9 Å². The summed E-state index contributed by atoms with van der Waals surface area (Å²) >= 11 is 5.96. The van der Waals surface area contributed by atoms with Gasteiger partial charge in [0, 0.05) is 43.2 Å². The fraction of sp³-hybridized carbons (Fsp3) is 0.483. The van der Waals surface area contributed by atoms with Gasteiger partial charge in [0.25, 0.3) is 0 Å². The average Bonchev–Trinajstić information content (AvgIpc) is 2.93. The predicted molar refractivity (Wildman–Crippen MR) is 153 cm³/mol. The van der Waals surface area contributed by atoms with Crippen LogP contribution in [0.25, 0.3) is 10.9 Å². The van der Waals surface area contributed by atoms with Crippen molar-refractivity contribution in [3.05, 3.63) is 47.5 Å². The lowest BCUT2D eigenvalue weighted by Crippen LogP contribution is -2.40. The smallest absolute Gasteiger partial charge is 0.222 e. The molecule has 0 radical (unpaired) electrons. The van der Waals surface area contributed by atoms with E-state index in [4.69, 9.17) is 21.1 Å². The summed E-state index contributed by atoms with van der Waals surface area (Å²) in [5, 5.41) is 7.45. The number of anilines is 2. The Labute approximate surface area is 234 Å². The third-order valence-corrected chi connectivity index (χ3v) is 7.16. The van der Waals surface area contributed by atoms with Crippen molar-refractivity contribution in [3.8, 4) is 11.5 Å². The highest BCUT2D eigenvalue weighted by atomic mass is 35.5. The second-order valence-electron chi connectivity index (χ2n) is 9.76. The maximum absolute atomic E-state index is 13.6. The Morgan fingerprint density at radius 1 is 1.13 bits per heavy atom. The maximum Gasteiger partial charge on any atom is 0.222 e. The minimum absolute atomic E-state index is 0.0174. The highest BCUT2D eigenvalue weighted by Crippen LogP contribution is 2.36. The second-order valence-corrected chi connectivity index (χ2v) is 10.2. The number of nitrogens with zero attached hydrogens (tertiary/aromatic N) is 3. The van der Waals surface area contributed by atoms with Gasteiger partial charge in [-0.25, -0.2) is 14.4 Å². The summed E-state index contributed by atoms with van der Waals surface area (Å²) in [5.74, 6) is 1.56. The van der Waals surface area contributed by atoms with Crippen LogP contribution in [0.2, 0.25) is 5.02 Å². The van der Waals surface area contributed by atoms with E-state index >= 15 is 0 Å². The van der Waals surface area contributed by atoms with E-state index in [0.717, 1.165) is 70.1 Å². The number of likely N-dealkylation sites (tertiary alicyclic amines) is 1. The number of rotatable bonds is 14. The third kappa shape index (κ3) is 7.92. The van der Waals surface area contributed by atoms with E-state index in [-0.39, 0.29) is 17.0 Å². The van der Waals surface area contributed by atoms with E-state index < -0.39 is 5.82 Å². The number of ether oxygens (including phenoxy) is 2. The number of piperidine rings is 1. The highest BCUT2D eigenvalue weighted by molar-refractivity contribution is 6.31. The summed E-state index contributed by atoms with van der Waals surface area (Å²) in [6.07, 6.45) is 8.01. The van der Waals surface area contributed by atoms with Crippen molar-refractivity contribution in [3.63, 3.8) is 0 Å². The van der Waals surface area contributed by atoms with Gasteiger partial charge in [-0.3, -0.25) is 4.79 Å². The van der Waals surface area contributed by atoms with Gasteiger partial charge in [0.15, 0.2) is 11.5 Å². The maximum atomic E-state index is 13.6. The second kappa shape index (κ2) is 14.3. The fourth-order valence-corrected chi connectivity index (χ4v) is 4.96. The molecule has 2 N–H and O–H groups in total. The van der Waals surface area contributed by atoms with Gasteiger partial charge in [0.05, 0.1) is 23.8 Å². The van der Waals surface area contributed by atoms with Crippen LogP contribution in [0.1, 0.15) is 51.9 Å². The van der Waals surface area contributed by atoms with E-state index in [9.17, 15) is 9.18 Å². The van der Waals surface area contributed by atoms with Crippen molar-refractivity contribution in [1.82, 2.24) is 20.2 Å². The lowest BCUT2D eigenvalue weighted by Gasteiger charge is -2.26. The van der Waals surface area contributed by atoms with Crippen molar-refractivity contribution in [2.75, 3.05) is 38.6 Å². The van der Waals surface area contributed by atoms with E-state index in [0.29, 0.717) is 34.9 Å². The number of halogens is 2. The molecule has 0 unspecified atom stereocenters. The fourth-order valence-electron chi connectivity index (χ4n) is 4.78. The normalized spacial score (nSPS) is 14.5. The molecule has 0 aliphatic carbocycles. The van der Waals surface area contributed by atoms with Crippen molar-refractivity contribution < 1.29 is 18.7 Å². The van der Waals surface area contributed by atoms with Crippen molar-refractivity contribution in [1.29, 1.82) is 0 Å². The molecule has 3 aromatic rings. The van der Waals surface area contributed by atoms with Crippen LogP contribution in [-0.2, 0) is 4.79 Å². The minimum atomic E-state index is -0.482. The largest absolute Gasteiger partial charge is 0.493 e. The van der Waals surface area contributed by atoms with E-state index in [1.807, 2.05) is 17.0 Å². The Balaban J connectivity index is 1.40. The average molecular weight is 558 g/mol. The standard InChI is InChI=1S/C29H37ClFN5O3/c1-3-7-21(8-6-12-32-13-15-36-14-5-4-9-28(36)37)39-27-17-22-25(18-26(27)38-2)33-19-34-29(22)35-20-10-11-24(31)23(30)16-20/h10-11,16-19,21,32H,3-9,12-15H2,1-2H3,(H,33,34,35)/t21-/m0/s1. The Morgan fingerprint density at radius 2 is 2.00 bits per heavy atom. The molecule has 0 saturated carbocycles. The van der Waals surface area contributed by atoms with Gasteiger partial charge in [0.2, 0.25) is 5.91 Å². The lowest BCUT2D eigenvalue weighted by molar-refractivity contribution is -0.133. The molecule has 4 rings (SSSR count). The Bertz CT molecular complexity index is 1260. The molecule has 1 aliphatic rings. The number of nitrogens with one attached hydrogen (secondary N) is 2. The van der Waals surface area contributed by atoms with Gasteiger partial charge in [-0.15, -0.1) is 0 Å². The SMILES string of the molecule is CCC[C@@H](CCCNCCN1CCCCC1=O)Oc1cc2c(Nc3ccc(F)c(Cl)c3)ncnc2cc1OC. The Hall–Kier alpha value is -3.17. The molecule has 2 aromatic carbocycles. The Kier molecular flexibility index (Phi) is 10.6. The van der Waals surface area contributed by atoms with Gasteiger partial charge in [-0.05, 0) is 62.9 Å². The van der Waals surface area contributed by atoms with Crippen LogP contribution in [0.4, 0.5) is 15.9 Å². The van der Waals surface area contributed by atoms with E-state index in [1.54, 1.807) is 13.2 Å². The number of benzene rings is 2. The zero-order valence-corrected chi connectivity index (χ0v) is 23.4. The first-order valence-corrected chi connectivity index (χ1v) is 14.1. The van der Waals surface area contributed by atoms with Crippen LogP contribution in [0.5, 0.6) is 11.5 Å². The third-order valence-electron chi connectivity index (χ3n) is 6.87. The first-order chi connectivity index (χ1) is 19.0. The zero-order valence-electron chi connectivity index (χ0n) is 22.6. The lowest BCUT2D eigenvalue weighted by atomic mass is 10.1. The van der Waals surface area contributed by atoms with E-state index in [1.165, 1.54) is 18.5 Å². The summed E-state index contributed by atoms with van der Waals surface area (Å²) in [7, 11) is 1.61. The summed E-state index contributed by atoms with van der Waals surface area (Å²) in [6, 6.07) is 8.15. The monoisotopic (exact) mass is 557 g/mol. The topological polar surface area (TPSA) is 88.6 Å². The molecule has 2 heterocycles. The number of aromatic nitrogens is 2. The van der Waals surface area contributed by atoms with Gasteiger partial charge in [0.1, 0.15) is 18.0 Å². The van der Waals surface area contributed by atoms with Crippen LogP contribution in [0, 0.1) is 5.82 Å². The van der Waals surface area contributed by atoms with Gasteiger partial charge < -0.3 is 25.0 Å². The molecule has 210 valence electrons. The number of fused-ring (bicyclic) bond motifs is 1. The highest BCUT2D eigenvalue weighted by Gasteiger charge is 2.18. The molecule has 1 fully saturated rings. The summed E-state index contributed by atoms with van der Waals surface area (Å²) in [4.78, 5) is 22.7. The van der Waals surface area contributed by atoms with Crippen LogP contribution in [0.15, 0.2) is 36.7 Å². The van der Waals surface area contributed by atoms with Crippen LogP contribution in [-0.4, -0.2) is 60.2 Å². The van der Waals surface area contributed by atoms with Crippen molar-refractivity contribution >= 4 is 39.9 Å². The number of carbonyl (C=O) groups is 1. The van der Waals surface area contributed by atoms with E-state index in [2.05, 4.69) is 27.5 Å². The number of hydrogen-bond acceptors (Lipinski definition) is 7. The molecule has 1 atom stereocenters. The van der Waals surface area contributed by atoms with Crippen molar-refractivity contribution in [2.24, 2.45) is 0 Å². The summed E-state index contributed by atoms with van der Waals surface area (Å²) < 4.78 is 25.7. The number of carbonyl (C=O) groups excluding carboxylic acids is 1. The molecule has 1 aromatic heterocycles. The van der Waals surface area contributed by atoms with Crippen LogP contribution < -0.4 is 20.1 Å². The molecule has 39 heavy (non-hydrogen) atoms. The quantitative estimate of drug-likeness (QED) is 0.231. The molecular formula is C29H37ClFN5O3. The molecule has 1 amide bonds. The zero-order chi connectivity index (χ0) is 27.6. The van der Waals surface area contributed by atoms with Crippen molar-refractivity contribution in [2.45, 2.75) is 58.0 Å². The molecule has 8 nitrogen and oxygen atoms in total. The first-order valence-electron chi connectivity index (χ1n) is 13.7. The first kappa shape index (κ1) is 28.8. The molecular weight excluding hydrogens is 521 g/mol. The minimum Gasteiger partial charge on any atom is -0.493 e. The predicted octanol–water partition coefficient (Wildman–Crippen LogP) is 6.10. The molecule has 1 aliphatic heterocycles. The van der Waals surface area contributed by atoms with Crippen LogP contribution in [0.3, 0.4) is 0 Å². The Morgan fingerprint density at radius 3 is 2.77 bits per heavy atom. The van der Waals surface area contributed by atoms with Gasteiger partial charge in [-0.2, -0.15) is 0 Å². The molecule has 0 bridgehead atoms. The number of methoxy groups -OCH3 is 1. The molecule has 10 heteroatoms. The number of hydrogen-bond donors (Lipinski definition) is 2. The molecule has 0 spiro atoms. The van der Waals surface area contributed by atoms with Gasteiger partial charge >= 0.3 is 0 Å². The summed E-state index contributed by atoms with van der Waals surface area (Å²) in [5.41, 5.74) is 1.30.